The maximum absolute atomic E-state index is 10.2. The fraction of sp³-hybridized carbons (Fsp3) is 0.500. The van der Waals surface area contributed by atoms with Gasteiger partial charge in [-0.25, -0.2) is 0 Å². The molecule has 18 heavy (non-hydrogen) atoms. The third kappa shape index (κ3) is 3.89. The molecule has 0 saturated carbocycles. The van der Waals surface area contributed by atoms with Crippen LogP contribution in [0.5, 0.6) is 0 Å². The van der Waals surface area contributed by atoms with Crippen molar-refractivity contribution in [3.05, 3.63) is 32.8 Å². The summed E-state index contributed by atoms with van der Waals surface area (Å²) in [6, 6.07) is 2.56. The van der Waals surface area contributed by atoms with Crippen molar-refractivity contribution in [2.45, 2.75) is 32.9 Å². The van der Waals surface area contributed by atoms with Crippen LogP contribution in [0.1, 0.15) is 32.4 Å². The molecule has 1 rings (SSSR count). The number of benzene rings is 1. The maximum Gasteiger partial charge on any atom is 0.0782 e. The van der Waals surface area contributed by atoms with Crippen LogP contribution in [-0.2, 0) is 0 Å². The quantitative estimate of drug-likeness (QED) is 0.784. The highest BCUT2D eigenvalue weighted by Gasteiger charge is 2.31. The van der Waals surface area contributed by atoms with E-state index in [-0.39, 0.29) is 17.8 Å². The molecule has 0 aliphatic carbocycles. The zero-order valence-electron chi connectivity index (χ0n) is 10.4. The zero-order valence-corrected chi connectivity index (χ0v) is 13.5. The second kappa shape index (κ2) is 6.65. The molecule has 6 heteroatoms. The van der Waals surface area contributed by atoms with E-state index in [1.165, 1.54) is 0 Å². The molecule has 0 unspecified atom stereocenters. The predicted molar refractivity (Wildman–Crippen MR) is 81.1 cm³/mol. The number of rotatable bonds is 2. The Bertz CT molecular complexity index is 417. The minimum atomic E-state index is -0.768. The summed E-state index contributed by atoms with van der Waals surface area (Å²) in [5.74, 6) is 0. The lowest BCUT2D eigenvalue weighted by molar-refractivity contribution is 0.0401. The number of halogens is 4. The van der Waals surface area contributed by atoms with E-state index >= 15 is 0 Å². The van der Waals surface area contributed by atoms with Gasteiger partial charge in [0.1, 0.15) is 0 Å². The second-order valence-corrected chi connectivity index (χ2v) is 6.29. The van der Waals surface area contributed by atoms with Crippen LogP contribution in [0, 0.1) is 5.41 Å². The van der Waals surface area contributed by atoms with Crippen LogP contribution >= 0.6 is 47.2 Å². The first-order valence-electron chi connectivity index (χ1n) is 5.23. The van der Waals surface area contributed by atoms with E-state index in [9.17, 15) is 5.11 Å². The Morgan fingerprint density at radius 2 is 1.56 bits per heavy atom. The first-order valence-corrected chi connectivity index (χ1v) is 6.36. The number of nitrogens with two attached hydrogens (primary N) is 1. The van der Waals surface area contributed by atoms with Crippen molar-refractivity contribution in [3.63, 3.8) is 0 Å². The van der Waals surface area contributed by atoms with Gasteiger partial charge < -0.3 is 10.8 Å². The molecular formula is C12H17Cl4NO. The standard InChI is InChI=1S/C12H16Cl3NO.ClH/c1-12(2,3)11(17)10(16)8-6(13)4-5-7(14)9(8)15;/h4-5,10-11,17H,16H2,1-3H3;1H/t10-,11-;/m0./s1. The second-order valence-electron chi connectivity index (χ2n) is 5.09. The molecule has 0 saturated heterocycles. The fourth-order valence-corrected chi connectivity index (χ4v) is 2.33. The minimum absolute atomic E-state index is 0. The van der Waals surface area contributed by atoms with Gasteiger partial charge in [-0.15, -0.1) is 12.4 Å². The topological polar surface area (TPSA) is 46.2 Å². The normalized spacial score (nSPS) is 14.9. The van der Waals surface area contributed by atoms with Crippen molar-refractivity contribution < 1.29 is 5.11 Å². The molecule has 0 fully saturated rings. The monoisotopic (exact) mass is 331 g/mol. The van der Waals surface area contributed by atoms with Crippen molar-refractivity contribution in [2.75, 3.05) is 0 Å². The van der Waals surface area contributed by atoms with Gasteiger partial charge in [0.25, 0.3) is 0 Å². The van der Waals surface area contributed by atoms with Crippen LogP contribution in [-0.4, -0.2) is 11.2 Å². The molecule has 1 aromatic carbocycles. The average molecular weight is 333 g/mol. The Hall–Kier alpha value is 0.300. The average Bonchev–Trinajstić information content (AvgIpc) is 2.21. The number of hydrogen-bond donors (Lipinski definition) is 2. The van der Waals surface area contributed by atoms with Gasteiger partial charge in [0.15, 0.2) is 0 Å². The molecular weight excluding hydrogens is 316 g/mol. The van der Waals surface area contributed by atoms with E-state index in [0.29, 0.717) is 20.6 Å². The van der Waals surface area contributed by atoms with Crippen molar-refractivity contribution >= 4 is 47.2 Å². The molecule has 2 atom stereocenters. The summed E-state index contributed by atoms with van der Waals surface area (Å²) in [7, 11) is 0. The summed E-state index contributed by atoms with van der Waals surface area (Å²) >= 11 is 18.1. The van der Waals surface area contributed by atoms with Crippen molar-refractivity contribution in [1.82, 2.24) is 0 Å². The molecule has 0 aliphatic rings. The van der Waals surface area contributed by atoms with Gasteiger partial charge in [-0.2, -0.15) is 0 Å². The van der Waals surface area contributed by atoms with Crippen LogP contribution in [0.2, 0.25) is 15.1 Å². The Morgan fingerprint density at radius 3 is 2.00 bits per heavy atom. The van der Waals surface area contributed by atoms with E-state index in [1.807, 2.05) is 20.8 Å². The lowest BCUT2D eigenvalue weighted by Gasteiger charge is -2.31. The highest BCUT2D eigenvalue weighted by atomic mass is 35.5. The molecule has 0 aliphatic heterocycles. The van der Waals surface area contributed by atoms with Crippen LogP contribution in [0.15, 0.2) is 12.1 Å². The van der Waals surface area contributed by atoms with Gasteiger partial charge in [-0.05, 0) is 17.5 Å². The lowest BCUT2D eigenvalue weighted by Crippen LogP contribution is -2.37. The number of aliphatic hydroxyl groups excluding tert-OH is 1. The summed E-state index contributed by atoms with van der Waals surface area (Å²) in [4.78, 5) is 0. The maximum atomic E-state index is 10.2. The van der Waals surface area contributed by atoms with Crippen LogP contribution in [0.4, 0.5) is 0 Å². The molecule has 1 aromatic rings. The summed E-state index contributed by atoms with van der Waals surface area (Å²) in [5, 5.41) is 11.3. The highest BCUT2D eigenvalue weighted by Crippen LogP contribution is 2.38. The van der Waals surface area contributed by atoms with E-state index in [2.05, 4.69) is 0 Å². The lowest BCUT2D eigenvalue weighted by atomic mass is 9.82. The third-order valence-corrected chi connectivity index (χ3v) is 3.79. The smallest absolute Gasteiger partial charge is 0.0782 e. The molecule has 0 bridgehead atoms. The first kappa shape index (κ1) is 18.3. The first-order chi connectivity index (χ1) is 7.66. The molecule has 0 radical (unpaired) electrons. The summed E-state index contributed by atoms with van der Waals surface area (Å²) in [6.07, 6.45) is -0.768. The van der Waals surface area contributed by atoms with E-state index < -0.39 is 12.1 Å². The summed E-state index contributed by atoms with van der Waals surface area (Å²) in [6.45, 7) is 5.68. The van der Waals surface area contributed by atoms with Gasteiger partial charge in [0.2, 0.25) is 0 Å². The van der Waals surface area contributed by atoms with Gasteiger partial charge in [-0.1, -0.05) is 55.6 Å². The van der Waals surface area contributed by atoms with Crippen molar-refractivity contribution in [3.8, 4) is 0 Å². The fourth-order valence-electron chi connectivity index (χ4n) is 1.54. The largest absolute Gasteiger partial charge is 0.391 e. The molecule has 2 nitrogen and oxygen atoms in total. The van der Waals surface area contributed by atoms with E-state index in [0.717, 1.165) is 0 Å². The minimum Gasteiger partial charge on any atom is -0.391 e. The number of hydrogen-bond acceptors (Lipinski definition) is 2. The van der Waals surface area contributed by atoms with Gasteiger partial charge in [0.05, 0.1) is 22.2 Å². The summed E-state index contributed by atoms with van der Waals surface area (Å²) < 4.78 is 0. The van der Waals surface area contributed by atoms with Crippen LogP contribution < -0.4 is 5.73 Å². The number of aliphatic hydroxyl groups is 1. The van der Waals surface area contributed by atoms with Crippen molar-refractivity contribution in [1.29, 1.82) is 0 Å². The zero-order chi connectivity index (χ0) is 13.4. The molecule has 3 N–H and O–H groups in total. The molecule has 0 aromatic heterocycles. The Kier molecular flexibility index (Phi) is 6.76. The SMILES string of the molecule is CC(C)(C)[C@@H](O)[C@@H](N)c1c(Cl)ccc(Cl)c1Cl.Cl. The highest BCUT2D eigenvalue weighted by molar-refractivity contribution is 6.44. The predicted octanol–water partition coefficient (Wildman–Crippen LogP) is 4.48. The van der Waals surface area contributed by atoms with Gasteiger partial charge in [-0.3, -0.25) is 0 Å². The van der Waals surface area contributed by atoms with Gasteiger partial charge >= 0.3 is 0 Å². The third-order valence-electron chi connectivity index (χ3n) is 2.64. The molecule has 104 valence electrons. The summed E-state index contributed by atoms with van der Waals surface area (Å²) in [5.41, 5.74) is 6.14. The Balaban J connectivity index is 0.00000289. The Morgan fingerprint density at radius 1 is 1.11 bits per heavy atom. The van der Waals surface area contributed by atoms with Crippen LogP contribution in [0.25, 0.3) is 0 Å². The Labute approximate surface area is 129 Å². The van der Waals surface area contributed by atoms with Crippen LogP contribution in [0.3, 0.4) is 0 Å². The van der Waals surface area contributed by atoms with Gasteiger partial charge in [0, 0.05) is 10.6 Å². The molecule has 0 heterocycles. The van der Waals surface area contributed by atoms with E-state index in [4.69, 9.17) is 40.5 Å². The van der Waals surface area contributed by atoms with Crippen molar-refractivity contribution in [2.24, 2.45) is 11.1 Å². The molecule has 0 spiro atoms. The van der Waals surface area contributed by atoms with E-state index in [1.54, 1.807) is 12.1 Å². The molecule has 0 amide bonds.